The number of methoxy groups -OCH3 is 1. The molecule has 1 rings (SSSR count). The lowest BCUT2D eigenvalue weighted by molar-refractivity contribution is 0.405. The molecule has 0 unspecified atom stereocenters. The van der Waals surface area contributed by atoms with Crippen LogP contribution in [0.3, 0.4) is 0 Å². The predicted octanol–water partition coefficient (Wildman–Crippen LogP) is 2.69. The molecule has 0 fully saturated rings. The predicted molar refractivity (Wildman–Crippen MR) is 81.8 cm³/mol. The molecule has 0 atom stereocenters. The Kier molecular flexibility index (Phi) is 5.39. The Morgan fingerprint density at radius 3 is 2.47 bits per heavy atom. The van der Waals surface area contributed by atoms with Gasteiger partial charge >= 0.3 is 0 Å². The Morgan fingerprint density at radius 2 is 1.89 bits per heavy atom. The number of rotatable bonds is 7. The van der Waals surface area contributed by atoms with E-state index in [0.29, 0.717) is 0 Å². The van der Waals surface area contributed by atoms with Gasteiger partial charge in [0.05, 0.1) is 7.11 Å². The van der Waals surface area contributed by atoms with Crippen molar-refractivity contribution in [1.82, 2.24) is 5.32 Å². The van der Waals surface area contributed by atoms with Crippen molar-refractivity contribution in [3.63, 3.8) is 0 Å². The summed E-state index contributed by atoms with van der Waals surface area (Å²) in [5, 5.41) is 3.50. The van der Waals surface area contributed by atoms with Crippen LogP contribution in [0.4, 0.5) is 0 Å². The maximum Gasteiger partial charge on any atom is 0.119 e. The average Bonchev–Trinajstić information content (AvgIpc) is 2.34. The zero-order chi connectivity index (χ0) is 14.5. The van der Waals surface area contributed by atoms with E-state index in [1.807, 2.05) is 12.1 Å². The minimum absolute atomic E-state index is 0.0767. The first kappa shape index (κ1) is 16.0. The van der Waals surface area contributed by atoms with Gasteiger partial charge in [-0.2, -0.15) is 0 Å². The van der Waals surface area contributed by atoms with E-state index in [2.05, 4.69) is 45.1 Å². The third kappa shape index (κ3) is 5.62. The minimum Gasteiger partial charge on any atom is -0.497 e. The fourth-order valence-electron chi connectivity index (χ4n) is 1.96. The first-order chi connectivity index (χ1) is 8.74. The lowest BCUT2D eigenvalue weighted by Crippen LogP contribution is -2.39. The number of benzene rings is 1. The molecule has 0 bridgehead atoms. The molecule has 19 heavy (non-hydrogen) atoms. The summed E-state index contributed by atoms with van der Waals surface area (Å²) in [6.45, 7) is 10.5. The number of hydrogen-bond donors (Lipinski definition) is 2. The van der Waals surface area contributed by atoms with Crippen LogP contribution in [0.1, 0.15) is 39.7 Å². The number of ether oxygens (including phenoxy) is 1. The monoisotopic (exact) mass is 264 g/mol. The number of nitrogens with one attached hydrogen (secondary N) is 1. The van der Waals surface area contributed by atoms with E-state index in [1.54, 1.807) is 7.11 Å². The van der Waals surface area contributed by atoms with Crippen molar-refractivity contribution in [1.29, 1.82) is 0 Å². The molecule has 0 aliphatic rings. The Labute approximate surface area is 117 Å². The van der Waals surface area contributed by atoms with Crippen LogP contribution in [0.25, 0.3) is 0 Å². The van der Waals surface area contributed by atoms with E-state index < -0.39 is 0 Å². The zero-order valence-corrected chi connectivity index (χ0v) is 12.9. The molecule has 0 aliphatic carbocycles. The van der Waals surface area contributed by atoms with Gasteiger partial charge in [0.1, 0.15) is 5.75 Å². The topological polar surface area (TPSA) is 47.3 Å². The third-order valence-electron chi connectivity index (χ3n) is 3.36. The third-order valence-corrected chi connectivity index (χ3v) is 3.36. The van der Waals surface area contributed by atoms with Gasteiger partial charge in [-0.3, -0.25) is 0 Å². The van der Waals surface area contributed by atoms with Crippen molar-refractivity contribution in [2.45, 2.75) is 45.1 Å². The smallest absolute Gasteiger partial charge is 0.119 e. The van der Waals surface area contributed by atoms with E-state index in [4.69, 9.17) is 10.5 Å². The van der Waals surface area contributed by atoms with Gasteiger partial charge in [0, 0.05) is 17.5 Å². The maximum absolute atomic E-state index is 5.98. The van der Waals surface area contributed by atoms with Crippen molar-refractivity contribution in [3.05, 3.63) is 29.8 Å². The summed E-state index contributed by atoms with van der Waals surface area (Å²) in [5.41, 5.74) is 7.23. The normalized spacial score (nSPS) is 12.5. The van der Waals surface area contributed by atoms with Crippen LogP contribution in [0.5, 0.6) is 5.75 Å². The quantitative estimate of drug-likeness (QED) is 0.744. The zero-order valence-electron chi connectivity index (χ0n) is 12.9. The summed E-state index contributed by atoms with van der Waals surface area (Å²) in [6, 6.07) is 8.27. The fourth-order valence-corrected chi connectivity index (χ4v) is 1.96. The number of hydrogen-bond acceptors (Lipinski definition) is 3. The molecule has 3 N–H and O–H groups in total. The Hall–Kier alpha value is -1.06. The molecule has 0 amide bonds. The molecular weight excluding hydrogens is 236 g/mol. The van der Waals surface area contributed by atoms with Crippen molar-refractivity contribution < 1.29 is 4.74 Å². The summed E-state index contributed by atoms with van der Waals surface area (Å²) in [6.07, 6.45) is 0.973. The van der Waals surface area contributed by atoms with Gasteiger partial charge in [-0.15, -0.1) is 0 Å². The molecule has 1 aromatic carbocycles. The van der Waals surface area contributed by atoms with Gasteiger partial charge in [-0.1, -0.05) is 26.0 Å². The van der Waals surface area contributed by atoms with Gasteiger partial charge in [0.2, 0.25) is 0 Å². The van der Waals surface area contributed by atoms with Crippen LogP contribution >= 0.6 is 0 Å². The first-order valence-corrected chi connectivity index (χ1v) is 6.89. The van der Waals surface area contributed by atoms with Gasteiger partial charge < -0.3 is 15.8 Å². The summed E-state index contributed by atoms with van der Waals surface area (Å²) in [4.78, 5) is 0. The molecule has 3 nitrogen and oxygen atoms in total. The highest BCUT2D eigenvalue weighted by Crippen LogP contribution is 2.25. The Bertz CT molecular complexity index is 394. The molecule has 0 aromatic heterocycles. The van der Waals surface area contributed by atoms with Crippen molar-refractivity contribution in [2.24, 2.45) is 5.73 Å². The summed E-state index contributed by atoms with van der Waals surface area (Å²) >= 11 is 0. The Morgan fingerprint density at radius 1 is 1.21 bits per heavy atom. The molecular formula is C16H28N2O. The second-order valence-corrected chi connectivity index (χ2v) is 6.53. The van der Waals surface area contributed by atoms with E-state index in [0.717, 1.165) is 25.3 Å². The Balaban J connectivity index is 2.55. The van der Waals surface area contributed by atoms with E-state index in [1.165, 1.54) is 5.56 Å². The second kappa shape index (κ2) is 6.40. The minimum atomic E-state index is -0.104. The van der Waals surface area contributed by atoms with Gasteiger partial charge in [0.25, 0.3) is 0 Å². The molecule has 1 aromatic rings. The van der Waals surface area contributed by atoms with Crippen LogP contribution in [0.15, 0.2) is 24.3 Å². The van der Waals surface area contributed by atoms with Gasteiger partial charge in [-0.05, 0) is 44.5 Å². The molecule has 0 radical (unpaired) electrons. The lowest BCUT2D eigenvalue weighted by atomic mass is 9.84. The highest BCUT2D eigenvalue weighted by molar-refractivity contribution is 5.33. The average molecular weight is 264 g/mol. The standard InChI is InChI=1S/C16H28N2O/c1-15(2,12-18-10-9-16(3,4)17)13-7-6-8-14(11-13)19-5/h6-8,11,18H,9-10,12,17H2,1-5H3. The van der Waals surface area contributed by atoms with E-state index in [9.17, 15) is 0 Å². The van der Waals surface area contributed by atoms with Crippen LogP contribution in [0.2, 0.25) is 0 Å². The molecule has 108 valence electrons. The second-order valence-electron chi connectivity index (χ2n) is 6.53. The summed E-state index contributed by atoms with van der Waals surface area (Å²) < 4.78 is 5.28. The van der Waals surface area contributed by atoms with Gasteiger partial charge in [-0.25, -0.2) is 0 Å². The molecule has 0 aliphatic heterocycles. The summed E-state index contributed by atoms with van der Waals surface area (Å²) in [7, 11) is 1.70. The lowest BCUT2D eigenvalue weighted by Gasteiger charge is -2.27. The summed E-state index contributed by atoms with van der Waals surface area (Å²) in [5.74, 6) is 0.911. The first-order valence-electron chi connectivity index (χ1n) is 6.89. The highest BCUT2D eigenvalue weighted by Gasteiger charge is 2.21. The van der Waals surface area contributed by atoms with Crippen LogP contribution in [-0.4, -0.2) is 25.7 Å². The van der Waals surface area contributed by atoms with Crippen LogP contribution in [0, 0.1) is 0 Å². The molecule has 0 saturated carbocycles. The van der Waals surface area contributed by atoms with E-state index >= 15 is 0 Å². The highest BCUT2D eigenvalue weighted by atomic mass is 16.5. The maximum atomic E-state index is 5.98. The fraction of sp³-hybridized carbons (Fsp3) is 0.625. The van der Waals surface area contributed by atoms with Crippen LogP contribution in [-0.2, 0) is 5.41 Å². The van der Waals surface area contributed by atoms with Crippen LogP contribution < -0.4 is 15.8 Å². The molecule has 0 spiro atoms. The largest absolute Gasteiger partial charge is 0.497 e. The number of nitrogens with two attached hydrogens (primary N) is 1. The van der Waals surface area contributed by atoms with Crippen molar-refractivity contribution >= 4 is 0 Å². The molecule has 0 heterocycles. The SMILES string of the molecule is COc1cccc(C(C)(C)CNCCC(C)(C)N)c1. The molecule has 3 heteroatoms. The van der Waals surface area contributed by atoms with Crippen molar-refractivity contribution in [3.8, 4) is 5.75 Å². The van der Waals surface area contributed by atoms with Gasteiger partial charge in [0.15, 0.2) is 0 Å². The van der Waals surface area contributed by atoms with Crippen molar-refractivity contribution in [2.75, 3.05) is 20.2 Å². The molecule has 0 saturated heterocycles. The van der Waals surface area contributed by atoms with E-state index in [-0.39, 0.29) is 11.0 Å².